The summed E-state index contributed by atoms with van der Waals surface area (Å²) in [6.45, 7) is 4.99. The first-order valence-corrected chi connectivity index (χ1v) is 10.0. The lowest BCUT2D eigenvalue weighted by molar-refractivity contribution is -0.904. The molecule has 2 aromatic carbocycles. The van der Waals surface area contributed by atoms with Crippen LogP contribution in [0.5, 0.6) is 5.75 Å². The Kier molecular flexibility index (Phi) is 7.09. The molecule has 1 aliphatic heterocycles. The highest BCUT2D eigenvalue weighted by molar-refractivity contribution is 9.10. The third kappa shape index (κ3) is 5.85. The molecule has 0 radical (unpaired) electrons. The molecule has 1 fully saturated rings. The van der Waals surface area contributed by atoms with Crippen LogP contribution in [0.15, 0.2) is 59.1 Å². The second-order valence-electron chi connectivity index (χ2n) is 6.71. The molecule has 5 heteroatoms. The summed E-state index contributed by atoms with van der Waals surface area (Å²) < 4.78 is 6.60. The van der Waals surface area contributed by atoms with Crippen molar-refractivity contribution in [1.29, 1.82) is 0 Å². The Morgan fingerprint density at radius 3 is 2.42 bits per heavy atom. The van der Waals surface area contributed by atoms with Crippen LogP contribution in [0.3, 0.4) is 0 Å². The molecule has 0 saturated carbocycles. The average Bonchev–Trinajstić information content (AvgIpc) is 2.69. The van der Waals surface area contributed by atoms with Crippen LogP contribution in [0.25, 0.3) is 0 Å². The Morgan fingerprint density at radius 2 is 1.73 bits per heavy atom. The zero-order chi connectivity index (χ0) is 18.2. The highest BCUT2D eigenvalue weighted by atomic mass is 79.9. The van der Waals surface area contributed by atoms with Gasteiger partial charge in [0.2, 0.25) is 0 Å². The standard InChI is InChI=1S/C21H25BrN2O2/c22-19-8-10-20(11-9-19)26-17-21(25)24-15-13-23(14-16-24)12-4-7-18-5-2-1-3-6-18/h1-3,5-6,8-11H,4,7,12-17H2/p+1. The summed E-state index contributed by atoms with van der Waals surface area (Å²) in [4.78, 5) is 15.9. The number of nitrogens with zero attached hydrogens (tertiary/aromatic N) is 1. The quantitative estimate of drug-likeness (QED) is 0.748. The number of hydrogen-bond donors (Lipinski definition) is 1. The van der Waals surface area contributed by atoms with Crippen molar-refractivity contribution < 1.29 is 14.4 Å². The van der Waals surface area contributed by atoms with Gasteiger partial charge in [-0.25, -0.2) is 0 Å². The Hall–Kier alpha value is -1.85. The smallest absolute Gasteiger partial charge is 0.260 e. The summed E-state index contributed by atoms with van der Waals surface area (Å²) in [7, 11) is 0. The number of nitrogens with one attached hydrogen (secondary N) is 1. The minimum absolute atomic E-state index is 0.0799. The fraction of sp³-hybridized carbons (Fsp3) is 0.381. The number of rotatable bonds is 7. The normalized spacial score (nSPS) is 15.0. The van der Waals surface area contributed by atoms with Gasteiger partial charge in [0, 0.05) is 10.9 Å². The molecular formula is C21H26BrN2O2+. The summed E-state index contributed by atoms with van der Waals surface area (Å²) in [6, 6.07) is 18.2. The molecule has 0 aromatic heterocycles. The summed E-state index contributed by atoms with van der Waals surface area (Å²) in [6.07, 6.45) is 2.33. The molecule has 4 nitrogen and oxygen atoms in total. The van der Waals surface area contributed by atoms with Gasteiger partial charge in [0.25, 0.3) is 5.91 Å². The van der Waals surface area contributed by atoms with Gasteiger partial charge in [-0.15, -0.1) is 0 Å². The number of amides is 1. The summed E-state index contributed by atoms with van der Waals surface area (Å²) in [5, 5.41) is 0. The molecule has 1 heterocycles. The Morgan fingerprint density at radius 1 is 1.04 bits per heavy atom. The van der Waals surface area contributed by atoms with Crippen LogP contribution >= 0.6 is 15.9 Å². The van der Waals surface area contributed by atoms with Crippen molar-refractivity contribution in [3.63, 3.8) is 0 Å². The van der Waals surface area contributed by atoms with Gasteiger partial charge in [0.15, 0.2) is 6.61 Å². The van der Waals surface area contributed by atoms with Gasteiger partial charge in [-0.3, -0.25) is 4.79 Å². The first kappa shape index (κ1) is 18.9. The van der Waals surface area contributed by atoms with E-state index in [1.807, 2.05) is 29.2 Å². The number of halogens is 1. The van der Waals surface area contributed by atoms with Crippen molar-refractivity contribution in [2.24, 2.45) is 0 Å². The van der Waals surface area contributed by atoms with Gasteiger partial charge in [-0.2, -0.15) is 0 Å². The second kappa shape index (κ2) is 9.74. The van der Waals surface area contributed by atoms with E-state index in [1.165, 1.54) is 18.5 Å². The highest BCUT2D eigenvalue weighted by Gasteiger charge is 2.23. The first-order valence-electron chi connectivity index (χ1n) is 9.24. The van der Waals surface area contributed by atoms with Crippen LogP contribution in [0, 0.1) is 0 Å². The van der Waals surface area contributed by atoms with E-state index >= 15 is 0 Å². The Balaban J connectivity index is 1.33. The lowest BCUT2D eigenvalue weighted by Gasteiger charge is -2.32. The van der Waals surface area contributed by atoms with E-state index in [-0.39, 0.29) is 12.5 Å². The zero-order valence-electron chi connectivity index (χ0n) is 15.0. The van der Waals surface area contributed by atoms with E-state index in [0.717, 1.165) is 42.8 Å². The molecule has 0 aliphatic carbocycles. The maximum Gasteiger partial charge on any atom is 0.260 e. The van der Waals surface area contributed by atoms with E-state index in [2.05, 4.69) is 46.3 Å². The molecule has 0 spiro atoms. The topological polar surface area (TPSA) is 34.0 Å². The lowest BCUT2D eigenvalue weighted by atomic mass is 10.1. The maximum absolute atomic E-state index is 12.3. The van der Waals surface area contributed by atoms with E-state index in [9.17, 15) is 4.79 Å². The number of hydrogen-bond acceptors (Lipinski definition) is 2. The molecule has 1 saturated heterocycles. The summed E-state index contributed by atoms with van der Waals surface area (Å²) in [5.74, 6) is 0.808. The molecule has 3 rings (SSSR count). The number of aryl methyl sites for hydroxylation is 1. The molecule has 0 unspecified atom stereocenters. The van der Waals surface area contributed by atoms with Crippen LogP contribution in [-0.2, 0) is 11.2 Å². The second-order valence-corrected chi connectivity index (χ2v) is 7.63. The van der Waals surface area contributed by atoms with Crippen molar-refractivity contribution >= 4 is 21.8 Å². The number of benzene rings is 2. The molecular weight excluding hydrogens is 392 g/mol. The van der Waals surface area contributed by atoms with Crippen LogP contribution in [0.1, 0.15) is 12.0 Å². The van der Waals surface area contributed by atoms with Crippen LogP contribution < -0.4 is 9.64 Å². The number of ether oxygens (including phenoxy) is 1. The monoisotopic (exact) mass is 417 g/mol. The van der Waals surface area contributed by atoms with E-state index < -0.39 is 0 Å². The zero-order valence-corrected chi connectivity index (χ0v) is 16.6. The van der Waals surface area contributed by atoms with Gasteiger partial charge in [-0.1, -0.05) is 46.3 Å². The minimum atomic E-state index is 0.0799. The number of carbonyl (C=O) groups excluding carboxylic acids is 1. The minimum Gasteiger partial charge on any atom is -0.484 e. The lowest BCUT2D eigenvalue weighted by Crippen LogP contribution is -3.14. The summed E-state index contributed by atoms with van der Waals surface area (Å²) in [5.41, 5.74) is 1.41. The Bertz CT molecular complexity index is 683. The van der Waals surface area contributed by atoms with Crippen LogP contribution in [0.2, 0.25) is 0 Å². The van der Waals surface area contributed by atoms with Gasteiger partial charge in [-0.05, 0) is 36.2 Å². The van der Waals surface area contributed by atoms with Gasteiger partial charge in [0.05, 0.1) is 32.7 Å². The molecule has 1 N–H and O–H groups in total. The fourth-order valence-corrected chi connectivity index (χ4v) is 3.54. The van der Waals surface area contributed by atoms with Gasteiger partial charge < -0.3 is 14.5 Å². The number of piperazine rings is 1. The van der Waals surface area contributed by atoms with Gasteiger partial charge >= 0.3 is 0 Å². The van der Waals surface area contributed by atoms with Crippen LogP contribution in [-0.4, -0.2) is 50.1 Å². The number of quaternary nitrogens is 1. The molecule has 1 amide bonds. The summed E-state index contributed by atoms with van der Waals surface area (Å²) >= 11 is 3.39. The largest absolute Gasteiger partial charge is 0.484 e. The van der Waals surface area contributed by atoms with Crippen molar-refractivity contribution in [3.05, 3.63) is 64.6 Å². The third-order valence-corrected chi connectivity index (χ3v) is 5.37. The predicted octanol–water partition coefficient (Wildman–Crippen LogP) is 2.19. The van der Waals surface area contributed by atoms with Crippen LogP contribution in [0.4, 0.5) is 0 Å². The van der Waals surface area contributed by atoms with Gasteiger partial charge in [0.1, 0.15) is 5.75 Å². The van der Waals surface area contributed by atoms with Crippen molar-refractivity contribution in [1.82, 2.24) is 4.90 Å². The molecule has 26 heavy (non-hydrogen) atoms. The maximum atomic E-state index is 12.3. The van der Waals surface area contributed by atoms with E-state index in [0.29, 0.717) is 0 Å². The molecule has 0 atom stereocenters. The highest BCUT2D eigenvalue weighted by Crippen LogP contribution is 2.16. The van der Waals surface area contributed by atoms with Crippen molar-refractivity contribution in [2.45, 2.75) is 12.8 Å². The molecule has 0 bridgehead atoms. The first-order chi connectivity index (χ1) is 12.7. The average molecular weight is 418 g/mol. The van der Waals surface area contributed by atoms with Crippen molar-refractivity contribution in [2.75, 3.05) is 39.3 Å². The molecule has 138 valence electrons. The predicted molar refractivity (Wildman–Crippen MR) is 107 cm³/mol. The fourth-order valence-electron chi connectivity index (χ4n) is 3.28. The third-order valence-electron chi connectivity index (χ3n) is 4.84. The molecule has 2 aromatic rings. The number of carbonyl (C=O) groups is 1. The Labute approximate surface area is 163 Å². The van der Waals surface area contributed by atoms with E-state index in [4.69, 9.17) is 4.74 Å². The molecule has 1 aliphatic rings. The van der Waals surface area contributed by atoms with Crippen molar-refractivity contribution in [3.8, 4) is 5.75 Å². The van der Waals surface area contributed by atoms with E-state index in [1.54, 1.807) is 4.90 Å². The SMILES string of the molecule is O=C(COc1ccc(Br)cc1)N1CC[NH+](CCCc2ccccc2)CC1.